The monoisotopic (exact) mass is 335 g/mol. The summed E-state index contributed by atoms with van der Waals surface area (Å²) in [6.45, 7) is 3.48. The zero-order valence-electron chi connectivity index (χ0n) is 11.6. The van der Waals surface area contributed by atoms with Crippen molar-refractivity contribution < 1.29 is 14.4 Å². The third kappa shape index (κ3) is 3.39. The first-order valence-electron chi connectivity index (χ1n) is 6.26. The number of anilines is 1. The molecular weight excluding hydrogens is 320 g/mol. The van der Waals surface area contributed by atoms with Gasteiger partial charge in [0.25, 0.3) is 0 Å². The molecular formula is C13H16Cl2FN3O2. The molecule has 0 atom stereocenters. The number of benzene rings is 1. The predicted octanol–water partition coefficient (Wildman–Crippen LogP) is 3.62. The number of amidine groups is 1. The number of nitrogens with one attached hydrogen (secondary N) is 1. The number of oxime groups is 1. The molecule has 4 N–H and O–H groups in total. The molecule has 1 aromatic rings. The Morgan fingerprint density at radius 2 is 1.86 bits per heavy atom. The van der Waals surface area contributed by atoms with Crippen LogP contribution < -0.4 is 11.1 Å². The Labute approximate surface area is 131 Å². The number of halogens is 3. The highest BCUT2D eigenvalue weighted by Gasteiger charge is 2.39. The molecule has 0 fully saturated rings. The summed E-state index contributed by atoms with van der Waals surface area (Å²) in [5.41, 5.74) is 4.70. The highest BCUT2D eigenvalue weighted by Crippen LogP contribution is 2.31. The minimum Gasteiger partial charge on any atom is -0.409 e. The van der Waals surface area contributed by atoms with E-state index < -0.39 is 17.1 Å². The van der Waals surface area contributed by atoms with Gasteiger partial charge in [-0.1, -0.05) is 42.2 Å². The topological polar surface area (TPSA) is 87.7 Å². The Balaban J connectivity index is 3.14. The van der Waals surface area contributed by atoms with Crippen molar-refractivity contribution in [1.29, 1.82) is 0 Å². The smallest absolute Gasteiger partial charge is 0.238 e. The van der Waals surface area contributed by atoms with E-state index in [9.17, 15) is 9.18 Å². The Hall–Kier alpha value is -1.53. The second kappa shape index (κ2) is 6.95. The second-order valence-electron chi connectivity index (χ2n) is 4.48. The summed E-state index contributed by atoms with van der Waals surface area (Å²) in [6, 6.07) is 2.48. The minimum absolute atomic E-state index is 0.190. The van der Waals surface area contributed by atoms with Gasteiger partial charge in [-0.05, 0) is 25.0 Å². The molecule has 1 amide bonds. The van der Waals surface area contributed by atoms with Crippen LogP contribution in [0.5, 0.6) is 0 Å². The van der Waals surface area contributed by atoms with E-state index in [1.54, 1.807) is 13.8 Å². The van der Waals surface area contributed by atoms with Gasteiger partial charge in [0.05, 0.1) is 10.0 Å². The van der Waals surface area contributed by atoms with Gasteiger partial charge < -0.3 is 16.3 Å². The lowest BCUT2D eigenvalue weighted by Gasteiger charge is -2.28. The summed E-state index contributed by atoms with van der Waals surface area (Å²) >= 11 is 11.4. The number of hydrogen-bond donors (Lipinski definition) is 3. The van der Waals surface area contributed by atoms with Crippen LogP contribution in [-0.2, 0) is 4.79 Å². The molecule has 1 aromatic carbocycles. The van der Waals surface area contributed by atoms with Crippen LogP contribution in [0, 0.1) is 11.2 Å². The summed E-state index contributed by atoms with van der Waals surface area (Å²) in [4.78, 5) is 12.4. The number of nitrogens with two attached hydrogens (primary N) is 1. The van der Waals surface area contributed by atoms with Crippen molar-refractivity contribution in [3.05, 3.63) is 28.0 Å². The maximum Gasteiger partial charge on any atom is 0.238 e. The van der Waals surface area contributed by atoms with E-state index >= 15 is 0 Å². The molecule has 8 heteroatoms. The average Bonchev–Trinajstić information content (AvgIpc) is 2.46. The maximum absolute atomic E-state index is 13.3. The van der Waals surface area contributed by atoms with E-state index in [0.29, 0.717) is 12.8 Å². The molecule has 0 aliphatic rings. The van der Waals surface area contributed by atoms with Crippen molar-refractivity contribution in [2.75, 3.05) is 5.32 Å². The van der Waals surface area contributed by atoms with Crippen LogP contribution in [-0.4, -0.2) is 17.0 Å². The molecule has 0 unspecified atom stereocenters. The fourth-order valence-electron chi connectivity index (χ4n) is 2.02. The Morgan fingerprint density at radius 3 is 2.24 bits per heavy atom. The van der Waals surface area contributed by atoms with Gasteiger partial charge in [-0.3, -0.25) is 4.79 Å². The molecule has 116 valence electrons. The average molecular weight is 336 g/mol. The number of carbonyl (C=O) groups is 1. The molecule has 0 aliphatic heterocycles. The molecule has 1 rings (SSSR count). The molecule has 0 aliphatic carbocycles. The highest BCUT2D eigenvalue weighted by atomic mass is 35.5. The van der Waals surface area contributed by atoms with Crippen molar-refractivity contribution in [2.45, 2.75) is 26.7 Å². The molecule has 5 nitrogen and oxygen atoms in total. The molecule has 0 heterocycles. The van der Waals surface area contributed by atoms with E-state index in [2.05, 4.69) is 10.5 Å². The summed E-state index contributed by atoms with van der Waals surface area (Å²) in [7, 11) is 0. The number of nitrogens with zero attached hydrogens (tertiary/aromatic N) is 1. The lowest BCUT2D eigenvalue weighted by molar-refractivity contribution is -0.122. The van der Waals surface area contributed by atoms with Gasteiger partial charge in [-0.2, -0.15) is 0 Å². The van der Waals surface area contributed by atoms with Crippen LogP contribution >= 0.6 is 23.2 Å². The van der Waals surface area contributed by atoms with Crippen molar-refractivity contribution >= 4 is 40.6 Å². The quantitative estimate of drug-likeness (QED) is 0.252. The molecule has 0 aromatic heterocycles. The van der Waals surface area contributed by atoms with Gasteiger partial charge in [0.1, 0.15) is 5.41 Å². The summed E-state index contributed by atoms with van der Waals surface area (Å²) < 4.78 is 13.3. The zero-order valence-corrected chi connectivity index (χ0v) is 13.1. The van der Waals surface area contributed by atoms with Crippen LogP contribution in [0.1, 0.15) is 26.7 Å². The van der Waals surface area contributed by atoms with Gasteiger partial charge >= 0.3 is 0 Å². The largest absolute Gasteiger partial charge is 0.409 e. The van der Waals surface area contributed by atoms with Gasteiger partial charge in [0.2, 0.25) is 5.91 Å². The predicted molar refractivity (Wildman–Crippen MR) is 81.5 cm³/mol. The van der Waals surface area contributed by atoms with Crippen LogP contribution in [0.3, 0.4) is 0 Å². The number of rotatable bonds is 5. The number of hydrogen-bond acceptors (Lipinski definition) is 3. The normalized spacial score (nSPS) is 12.3. The highest BCUT2D eigenvalue weighted by molar-refractivity contribution is 6.35. The van der Waals surface area contributed by atoms with Crippen LogP contribution in [0.4, 0.5) is 10.1 Å². The second-order valence-corrected chi connectivity index (χ2v) is 5.30. The Bertz CT molecular complexity index is 552. The van der Waals surface area contributed by atoms with E-state index in [-0.39, 0.29) is 21.6 Å². The first kappa shape index (κ1) is 17.5. The maximum atomic E-state index is 13.3. The number of carbonyl (C=O) groups excluding carboxylic acids is 1. The first-order chi connectivity index (χ1) is 9.82. The Kier molecular flexibility index (Phi) is 5.80. The lowest BCUT2D eigenvalue weighted by atomic mass is 9.80. The number of amides is 1. The van der Waals surface area contributed by atoms with Gasteiger partial charge in [-0.15, -0.1) is 0 Å². The van der Waals surface area contributed by atoms with Crippen molar-refractivity contribution in [3.63, 3.8) is 0 Å². The summed E-state index contributed by atoms with van der Waals surface area (Å²) in [5.74, 6) is -1.43. The standard InChI is InChI=1S/C13H16Cl2FN3O2/c1-3-13(4-2,11(17)19-21)12(20)18-7-5-8(14)10(16)9(15)6-7/h5-6,21H,3-4H2,1-2H3,(H2,17,19)(H,18,20). The van der Waals surface area contributed by atoms with Gasteiger partial charge in [-0.25, -0.2) is 4.39 Å². The van der Waals surface area contributed by atoms with Crippen molar-refractivity contribution in [1.82, 2.24) is 0 Å². The van der Waals surface area contributed by atoms with Gasteiger partial charge in [0, 0.05) is 5.69 Å². The minimum atomic E-state index is -1.16. The van der Waals surface area contributed by atoms with Crippen molar-refractivity contribution in [2.24, 2.45) is 16.3 Å². The summed E-state index contributed by atoms with van der Waals surface area (Å²) in [6.07, 6.45) is 0.655. The molecule has 0 saturated heterocycles. The zero-order chi connectivity index (χ0) is 16.2. The van der Waals surface area contributed by atoms with Crippen LogP contribution in [0.15, 0.2) is 17.3 Å². The van der Waals surface area contributed by atoms with Crippen LogP contribution in [0.2, 0.25) is 10.0 Å². The van der Waals surface area contributed by atoms with E-state index in [1.165, 1.54) is 12.1 Å². The molecule has 0 bridgehead atoms. The SMILES string of the molecule is CCC(CC)(C(=O)Nc1cc(Cl)c(F)c(Cl)c1)/C(N)=N/O. The fourth-order valence-corrected chi connectivity index (χ4v) is 2.51. The van der Waals surface area contributed by atoms with Crippen LogP contribution in [0.25, 0.3) is 0 Å². The third-order valence-corrected chi connectivity index (χ3v) is 4.03. The summed E-state index contributed by atoms with van der Waals surface area (Å²) in [5, 5.41) is 13.9. The van der Waals surface area contributed by atoms with E-state index in [4.69, 9.17) is 34.1 Å². The molecule has 0 spiro atoms. The fraction of sp³-hybridized carbons (Fsp3) is 0.385. The third-order valence-electron chi connectivity index (χ3n) is 3.48. The van der Waals surface area contributed by atoms with Crippen molar-refractivity contribution in [3.8, 4) is 0 Å². The Morgan fingerprint density at radius 1 is 1.38 bits per heavy atom. The lowest BCUT2D eigenvalue weighted by Crippen LogP contribution is -2.46. The molecule has 21 heavy (non-hydrogen) atoms. The molecule has 0 saturated carbocycles. The van der Waals surface area contributed by atoms with E-state index in [0.717, 1.165) is 0 Å². The van der Waals surface area contributed by atoms with E-state index in [1.807, 2.05) is 0 Å². The first-order valence-corrected chi connectivity index (χ1v) is 7.02. The molecule has 0 radical (unpaired) electrons. The van der Waals surface area contributed by atoms with Gasteiger partial charge in [0.15, 0.2) is 11.7 Å².